The molecule has 4 nitrogen and oxygen atoms in total. The van der Waals surface area contributed by atoms with Gasteiger partial charge in [-0.2, -0.15) is 5.26 Å². The molecule has 0 saturated carbocycles. The molecule has 0 radical (unpaired) electrons. The first-order chi connectivity index (χ1) is 12.8. The van der Waals surface area contributed by atoms with Crippen LogP contribution in [0.4, 0.5) is 0 Å². The van der Waals surface area contributed by atoms with Gasteiger partial charge >= 0.3 is 0 Å². The van der Waals surface area contributed by atoms with Crippen LogP contribution in [0.1, 0.15) is 16.7 Å². The molecule has 0 saturated heterocycles. The van der Waals surface area contributed by atoms with E-state index in [1.807, 2.05) is 54.6 Å². The second kappa shape index (κ2) is 8.59. The predicted molar refractivity (Wildman–Crippen MR) is 99.3 cm³/mol. The number of nitrogens with zero attached hydrogens (tertiary/aromatic N) is 1. The Balaban J connectivity index is 1.63. The first-order valence-corrected chi connectivity index (χ1v) is 8.25. The van der Waals surface area contributed by atoms with Crippen molar-refractivity contribution in [2.45, 2.75) is 13.2 Å². The van der Waals surface area contributed by atoms with E-state index in [4.69, 9.17) is 19.5 Å². The van der Waals surface area contributed by atoms with Crippen molar-refractivity contribution in [2.24, 2.45) is 0 Å². The molecule has 0 fully saturated rings. The highest BCUT2D eigenvalue weighted by Crippen LogP contribution is 2.29. The van der Waals surface area contributed by atoms with E-state index in [1.165, 1.54) is 0 Å². The molecule has 0 unspecified atom stereocenters. The monoisotopic (exact) mass is 345 g/mol. The zero-order valence-corrected chi connectivity index (χ0v) is 14.5. The molecule has 4 heteroatoms. The molecule has 26 heavy (non-hydrogen) atoms. The summed E-state index contributed by atoms with van der Waals surface area (Å²) in [4.78, 5) is 0. The molecule has 0 amide bonds. The maximum absolute atomic E-state index is 8.96. The molecular weight excluding hydrogens is 326 g/mol. The van der Waals surface area contributed by atoms with Crippen molar-refractivity contribution in [3.05, 3.63) is 89.5 Å². The van der Waals surface area contributed by atoms with E-state index in [-0.39, 0.29) is 0 Å². The van der Waals surface area contributed by atoms with Gasteiger partial charge in [-0.3, -0.25) is 0 Å². The summed E-state index contributed by atoms with van der Waals surface area (Å²) >= 11 is 0. The smallest absolute Gasteiger partial charge is 0.162 e. The van der Waals surface area contributed by atoms with Crippen LogP contribution < -0.4 is 14.2 Å². The third kappa shape index (κ3) is 4.55. The number of nitriles is 1. The summed E-state index contributed by atoms with van der Waals surface area (Å²) in [5.74, 6) is 1.93. The van der Waals surface area contributed by atoms with Gasteiger partial charge in [0, 0.05) is 6.07 Å². The number of methoxy groups -OCH3 is 1. The second-order valence-electron chi connectivity index (χ2n) is 5.69. The standard InChI is InChI=1S/C22H19NO3/c1-24-22-13-18(14-23)10-11-21(22)26-16-19-8-5-9-20(12-19)25-15-17-6-3-2-4-7-17/h2-13H,15-16H2,1H3. The number of ether oxygens (including phenoxy) is 3. The van der Waals surface area contributed by atoms with Crippen LogP contribution in [0.3, 0.4) is 0 Å². The van der Waals surface area contributed by atoms with Crippen LogP contribution in [-0.2, 0) is 13.2 Å². The van der Waals surface area contributed by atoms with Gasteiger partial charge in [0.15, 0.2) is 11.5 Å². The minimum atomic E-state index is 0.380. The summed E-state index contributed by atoms with van der Waals surface area (Å²) in [5, 5.41) is 8.96. The van der Waals surface area contributed by atoms with Crippen LogP contribution in [0.5, 0.6) is 17.2 Å². The van der Waals surface area contributed by atoms with Crippen molar-refractivity contribution >= 4 is 0 Å². The molecule has 3 aromatic rings. The van der Waals surface area contributed by atoms with Crippen LogP contribution in [0.15, 0.2) is 72.8 Å². The normalized spacial score (nSPS) is 10.0. The Labute approximate surface area is 153 Å². The molecule has 0 spiro atoms. The Morgan fingerprint density at radius 1 is 0.769 bits per heavy atom. The lowest BCUT2D eigenvalue weighted by Gasteiger charge is -2.12. The fraction of sp³-hybridized carbons (Fsp3) is 0.136. The van der Waals surface area contributed by atoms with Crippen LogP contribution >= 0.6 is 0 Å². The summed E-state index contributed by atoms with van der Waals surface area (Å²) < 4.78 is 17.0. The summed E-state index contributed by atoms with van der Waals surface area (Å²) in [6.45, 7) is 0.902. The largest absolute Gasteiger partial charge is 0.493 e. The van der Waals surface area contributed by atoms with Crippen molar-refractivity contribution in [2.75, 3.05) is 7.11 Å². The van der Waals surface area contributed by atoms with Crippen molar-refractivity contribution in [1.29, 1.82) is 5.26 Å². The lowest BCUT2D eigenvalue weighted by molar-refractivity contribution is 0.281. The van der Waals surface area contributed by atoms with Crippen molar-refractivity contribution < 1.29 is 14.2 Å². The topological polar surface area (TPSA) is 51.5 Å². The summed E-state index contributed by atoms with van der Waals surface area (Å²) in [6.07, 6.45) is 0. The minimum Gasteiger partial charge on any atom is -0.493 e. The maximum atomic E-state index is 8.96. The van der Waals surface area contributed by atoms with Gasteiger partial charge in [0.25, 0.3) is 0 Å². The molecule has 0 aliphatic rings. The second-order valence-corrected chi connectivity index (χ2v) is 5.69. The Bertz CT molecular complexity index is 901. The molecule has 0 N–H and O–H groups in total. The van der Waals surface area contributed by atoms with Gasteiger partial charge in [-0.05, 0) is 35.4 Å². The summed E-state index contributed by atoms with van der Waals surface area (Å²) in [7, 11) is 1.56. The third-order valence-electron chi connectivity index (χ3n) is 3.83. The van der Waals surface area contributed by atoms with E-state index >= 15 is 0 Å². The number of benzene rings is 3. The molecule has 3 rings (SSSR count). The molecular formula is C22H19NO3. The highest BCUT2D eigenvalue weighted by molar-refractivity contribution is 5.46. The Hall–Kier alpha value is -3.45. The fourth-order valence-corrected chi connectivity index (χ4v) is 2.48. The van der Waals surface area contributed by atoms with Crippen LogP contribution in [0.2, 0.25) is 0 Å². The van der Waals surface area contributed by atoms with Gasteiger partial charge in [-0.15, -0.1) is 0 Å². The third-order valence-corrected chi connectivity index (χ3v) is 3.83. The molecule has 130 valence electrons. The number of hydrogen-bond donors (Lipinski definition) is 0. The summed E-state index contributed by atoms with van der Waals surface area (Å²) in [6, 6.07) is 25.0. The van der Waals surface area contributed by atoms with Crippen molar-refractivity contribution in [3.63, 3.8) is 0 Å². The van der Waals surface area contributed by atoms with Crippen molar-refractivity contribution in [3.8, 4) is 23.3 Å². The first kappa shape index (κ1) is 17.4. The molecule has 0 atom stereocenters. The molecule has 0 aliphatic carbocycles. The molecule has 3 aromatic carbocycles. The quantitative estimate of drug-likeness (QED) is 0.621. The Kier molecular flexibility index (Phi) is 5.74. The minimum absolute atomic E-state index is 0.380. The lowest BCUT2D eigenvalue weighted by Crippen LogP contribution is -1.99. The SMILES string of the molecule is COc1cc(C#N)ccc1OCc1cccc(OCc2ccccc2)c1. The average molecular weight is 345 g/mol. The molecule has 0 aliphatic heterocycles. The Morgan fingerprint density at radius 2 is 1.54 bits per heavy atom. The molecule has 0 aromatic heterocycles. The van der Waals surface area contributed by atoms with Gasteiger partial charge < -0.3 is 14.2 Å². The fourth-order valence-electron chi connectivity index (χ4n) is 2.48. The van der Waals surface area contributed by atoms with Gasteiger partial charge in [-0.1, -0.05) is 42.5 Å². The summed E-state index contributed by atoms with van der Waals surface area (Å²) in [5.41, 5.74) is 2.64. The maximum Gasteiger partial charge on any atom is 0.162 e. The van der Waals surface area contributed by atoms with E-state index in [1.54, 1.807) is 25.3 Å². The molecule has 0 heterocycles. The van der Waals surface area contributed by atoms with E-state index in [2.05, 4.69) is 6.07 Å². The number of hydrogen-bond acceptors (Lipinski definition) is 4. The van der Waals surface area contributed by atoms with Gasteiger partial charge in [-0.25, -0.2) is 0 Å². The number of rotatable bonds is 7. The highest BCUT2D eigenvalue weighted by Gasteiger charge is 2.06. The van der Waals surface area contributed by atoms with E-state index in [9.17, 15) is 0 Å². The average Bonchev–Trinajstić information content (AvgIpc) is 2.71. The zero-order chi connectivity index (χ0) is 18.2. The van der Waals surface area contributed by atoms with E-state index in [0.29, 0.717) is 30.3 Å². The van der Waals surface area contributed by atoms with Crippen LogP contribution in [0, 0.1) is 11.3 Å². The van der Waals surface area contributed by atoms with Crippen LogP contribution in [-0.4, -0.2) is 7.11 Å². The zero-order valence-electron chi connectivity index (χ0n) is 14.5. The van der Waals surface area contributed by atoms with Crippen molar-refractivity contribution in [1.82, 2.24) is 0 Å². The van der Waals surface area contributed by atoms with Crippen LogP contribution in [0.25, 0.3) is 0 Å². The van der Waals surface area contributed by atoms with Gasteiger partial charge in [0.05, 0.1) is 18.7 Å². The van der Waals surface area contributed by atoms with Gasteiger partial charge in [0.2, 0.25) is 0 Å². The van der Waals surface area contributed by atoms with Gasteiger partial charge in [0.1, 0.15) is 19.0 Å². The van der Waals surface area contributed by atoms with E-state index in [0.717, 1.165) is 16.9 Å². The van der Waals surface area contributed by atoms with E-state index < -0.39 is 0 Å². The molecule has 0 bridgehead atoms. The lowest BCUT2D eigenvalue weighted by atomic mass is 10.2. The Morgan fingerprint density at radius 3 is 2.31 bits per heavy atom. The highest BCUT2D eigenvalue weighted by atomic mass is 16.5. The predicted octanol–water partition coefficient (Wildman–Crippen LogP) is 4.72. The first-order valence-electron chi connectivity index (χ1n) is 8.25.